The molecule has 2 aromatic rings. The molecule has 0 fully saturated rings. The summed E-state index contributed by atoms with van der Waals surface area (Å²) in [4.78, 5) is 27.2. The number of amides is 2. The molecule has 2 rings (SSSR count). The number of carbonyl (C=O) groups is 2. The largest absolute Gasteiger partial charge is 0.484 e. The molecule has 29 heavy (non-hydrogen) atoms. The van der Waals surface area contributed by atoms with E-state index in [4.69, 9.17) is 16.3 Å². The highest BCUT2D eigenvalue weighted by molar-refractivity contribution is 6.30. The molecule has 2 aromatic carbocycles. The normalized spacial score (nSPS) is 12.7. The van der Waals surface area contributed by atoms with Gasteiger partial charge in [-0.25, -0.2) is 0 Å². The number of halogens is 1. The Balaban J connectivity index is 2.14. The number of hydrogen-bond acceptors (Lipinski definition) is 3. The highest BCUT2D eigenvalue weighted by Gasteiger charge is 2.27. The fraction of sp³-hybridized carbons (Fsp3) is 0.391. The Morgan fingerprint density at radius 1 is 1.14 bits per heavy atom. The molecule has 5 nitrogen and oxygen atoms in total. The zero-order valence-corrected chi connectivity index (χ0v) is 18.2. The first kappa shape index (κ1) is 22.8. The van der Waals surface area contributed by atoms with Crippen LogP contribution < -0.4 is 10.1 Å². The SMILES string of the molecule is CC[C@H](C)NC(=O)[C@H](C)N(Cc1ccc(C)cc1)C(=O)COc1cccc(Cl)c1. The Bertz CT molecular complexity index is 823. The van der Waals surface area contributed by atoms with Gasteiger partial charge in [0.2, 0.25) is 5.91 Å². The molecular weight excluding hydrogens is 388 g/mol. The van der Waals surface area contributed by atoms with Crippen LogP contribution in [0.3, 0.4) is 0 Å². The van der Waals surface area contributed by atoms with Crippen molar-refractivity contribution in [3.05, 3.63) is 64.7 Å². The minimum absolute atomic E-state index is 0.0454. The van der Waals surface area contributed by atoms with Gasteiger partial charge in [-0.05, 0) is 51.0 Å². The molecule has 0 unspecified atom stereocenters. The molecule has 1 N–H and O–H groups in total. The first-order valence-corrected chi connectivity index (χ1v) is 10.2. The lowest BCUT2D eigenvalue weighted by Gasteiger charge is -2.29. The number of ether oxygens (including phenoxy) is 1. The summed E-state index contributed by atoms with van der Waals surface area (Å²) in [6.45, 7) is 7.85. The number of nitrogens with zero attached hydrogens (tertiary/aromatic N) is 1. The van der Waals surface area contributed by atoms with Crippen molar-refractivity contribution in [3.8, 4) is 5.75 Å². The summed E-state index contributed by atoms with van der Waals surface area (Å²) >= 11 is 5.97. The highest BCUT2D eigenvalue weighted by atomic mass is 35.5. The van der Waals surface area contributed by atoms with Crippen molar-refractivity contribution < 1.29 is 14.3 Å². The van der Waals surface area contributed by atoms with Gasteiger partial charge in [0, 0.05) is 17.6 Å². The first-order chi connectivity index (χ1) is 13.8. The lowest BCUT2D eigenvalue weighted by Crippen LogP contribution is -2.50. The van der Waals surface area contributed by atoms with Gasteiger partial charge in [-0.3, -0.25) is 9.59 Å². The van der Waals surface area contributed by atoms with Crippen molar-refractivity contribution in [2.24, 2.45) is 0 Å². The van der Waals surface area contributed by atoms with E-state index in [2.05, 4.69) is 5.32 Å². The molecule has 2 atom stereocenters. The highest BCUT2D eigenvalue weighted by Crippen LogP contribution is 2.18. The van der Waals surface area contributed by atoms with Crippen LogP contribution in [0.2, 0.25) is 5.02 Å². The second kappa shape index (κ2) is 10.9. The second-order valence-electron chi connectivity index (χ2n) is 7.25. The van der Waals surface area contributed by atoms with Crippen LogP contribution in [0.25, 0.3) is 0 Å². The van der Waals surface area contributed by atoms with Gasteiger partial charge in [-0.1, -0.05) is 54.4 Å². The lowest BCUT2D eigenvalue weighted by atomic mass is 10.1. The summed E-state index contributed by atoms with van der Waals surface area (Å²) in [5, 5.41) is 3.48. The van der Waals surface area contributed by atoms with Gasteiger partial charge in [-0.15, -0.1) is 0 Å². The van der Waals surface area contributed by atoms with Gasteiger partial charge in [-0.2, -0.15) is 0 Å². The Hall–Kier alpha value is -2.53. The standard InChI is InChI=1S/C23H29ClN2O3/c1-5-17(3)25-23(28)18(4)26(14-19-11-9-16(2)10-12-19)22(27)15-29-21-8-6-7-20(24)13-21/h6-13,17-18H,5,14-15H2,1-4H3,(H,25,28)/t17-,18-/m0/s1. The zero-order chi connectivity index (χ0) is 21.4. The summed E-state index contributed by atoms with van der Waals surface area (Å²) in [7, 11) is 0. The van der Waals surface area contributed by atoms with Crippen molar-refractivity contribution in [1.82, 2.24) is 10.2 Å². The maximum atomic E-state index is 13.0. The molecule has 156 valence electrons. The fourth-order valence-electron chi connectivity index (χ4n) is 2.72. The van der Waals surface area contributed by atoms with Gasteiger partial charge >= 0.3 is 0 Å². The fourth-order valence-corrected chi connectivity index (χ4v) is 2.90. The molecule has 0 spiro atoms. The van der Waals surface area contributed by atoms with Crippen LogP contribution in [0, 0.1) is 6.92 Å². The molecule has 0 aliphatic heterocycles. The number of aryl methyl sites for hydroxylation is 1. The number of hydrogen-bond donors (Lipinski definition) is 1. The van der Waals surface area contributed by atoms with Gasteiger partial charge < -0.3 is 15.0 Å². The average Bonchev–Trinajstić information content (AvgIpc) is 2.71. The van der Waals surface area contributed by atoms with E-state index in [0.717, 1.165) is 17.5 Å². The van der Waals surface area contributed by atoms with E-state index >= 15 is 0 Å². The number of carbonyl (C=O) groups excluding carboxylic acids is 2. The third-order valence-electron chi connectivity index (χ3n) is 4.80. The summed E-state index contributed by atoms with van der Waals surface area (Å²) < 4.78 is 5.61. The monoisotopic (exact) mass is 416 g/mol. The Morgan fingerprint density at radius 3 is 2.45 bits per heavy atom. The first-order valence-electron chi connectivity index (χ1n) is 9.84. The third kappa shape index (κ3) is 7.09. The van der Waals surface area contributed by atoms with E-state index in [0.29, 0.717) is 17.3 Å². The molecule has 0 aromatic heterocycles. The van der Waals surface area contributed by atoms with E-state index < -0.39 is 6.04 Å². The number of benzene rings is 2. The lowest BCUT2D eigenvalue weighted by molar-refractivity contribution is -0.142. The van der Waals surface area contributed by atoms with Crippen molar-refractivity contribution in [1.29, 1.82) is 0 Å². The molecule has 2 amide bonds. The third-order valence-corrected chi connectivity index (χ3v) is 5.04. The Morgan fingerprint density at radius 2 is 1.83 bits per heavy atom. The van der Waals surface area contributed by atoms with Crippen LogP contribution in [-0.4, -0.2) is 35.4 Å². The predicted octanol–water partition coefficient (Wildman–Crippen LogP) is 4.36. The molecule has 0 saturated carbocycles. The number of nitrogens with one attached hydrogen (secondary N) is 1. The summed E-state index contributed by atoms with van der Waals surface area (Å²) in [5.41, 5.74) is 2.09. The van der Waals surface area contributed by atoms with E-state index in [-0.39, 0.29) is 24.5 Å². The Labute approximate surface area is 178 Å². The molecule has 6 heteroatoms. The average molecular weight is 417 g/mol. The molecule has 0 radical (unpaired) electrons. The van der Waals surface area contributed by atoms with Crippen LogP contribution >= 0.6 is 11.6 Å². The van der Waals surface area contributed by atoms with Gasteiger partial charge in [0.1, 0.15) is 11.8 Å². The molecule has 0 aliphatic rings. The van der Waals surface area contributed by atoms with Crippen LogP contribution in [-0.2, 0) is 16.1 Å². The second-order valence-corrected chi connectivity index (χ2v) is 7.68. The maximum Gasteiger partial charge on any atom is 0.261 e. The van der Waals surface area contributed by atoms with Gasteiger partial charge in [0.25, 0.3) is 5.91 Å². The van der Waals surface area contributed by atoms with E-state index in [1.54, 1.807) is 36.1 Å². The quantitative estimate of drug-likeness (QED) is 0.660. The summed E-state index contributed by atoms with van der Waals surface area (Å²) in [6, 6.07) is 14.2. The predicted molar refractivity (Wildman–Crippen MR) is 116 cm³/mol. The van der Waals surface area contributed by atoms with Crippen molar-refractivity contribution >= 4 is 23.4 Å². The van der Waals surface area contributed by atoms with Crippen LogP contribution in [0.4, 0.5) is 0 Å². The number of rotatable bonds is 9. The summed E-state index contributed by atoms with van der Waals surface area (Å²) in [6.07, 6.45) is 0.822. The van der Waals surface area contributed by atoms with E-state index in [1.807, 2.05) is 45.0 Å². The summed E-state index contributed by atoms with van der Waals surface area (Å²) in [5.74, 6) is 0.0674. The van der Waals surface area contributed by atoms with Crippen molar-refractivity contribution in [2.45, 2.75) is 52.7 Å². The topological polar surface area (TPSA) is 58.6 Å². The maximum absolute atomic E-state index is 13.0. The molecule has 0 saturated heterocycles. The van der Waals surface area contributed by atoms with Gasteiger partial charge in [0.05, 0.1) is 0 Å². The molecule has 0 bridgehead atoms. The van der Waals surface area contributed by atoms with E-state index in [1.165, 1.54) is 0 Å². The molecule has 0 aliphatic carbocycles. The van der Waals surface area contributed by atoms with Crippen LogP contribution in [0.15, 0.2) is 48.5 Å². The minimum Gasteiger partial charge on any atom is -0.484 e. The van der Waals surface area contributed by atoms with Crippen LogP contribution in [0.1, 0.15) is 38.3 Å². The van der Waals surface area contributed by atoms with Gasteiger partial charge in [0.15, 0.2) is 6.61 Å². The van der Waals surface area contributed by atoms with Crippen molar-refractivity contribution in [3.63, 3.8) is 0 Å². The Kier molecular flexibility index (Phi) is 8.52. The molecule has 0 heterocycles. The smallest absolute Gasteiger partial charge is 0.261 e. The van der Waals surface area contributed by atoms with Crippen molar-refractivity contribution in [2.75, 3.05) is 6.61 Å². The minimum atomic E-state index is -0.624. The van der Waals surface area contributed by atoms with E-state index in [9.17, 15) is 9.59 Å². The molecular formula is C23H29ClN2O3. The van der Waals surface area contributed by atoms with Crippen LogP contribution in [0.5, 0.6) is 5.75 Å². The zero-order valence-electron chi connectivity index (χ0n) is 17.4.